The summed E-state index contributed by atoms with van der Waals surface area (Å²) in [4.78, 5) is 4.93. The van der Waals surface area contributed by atoms with Crippen LogP contribution in [0, 0.1) is 6.92 Å². The molecule has 1 aliphatic rings. The molecular weight excluding hydrogens is 356 g/mol. The molecule has 0 bridgehead atoms. The molecule has 1 saturated heterocycles. The van der Waals surface area contributed by atoms with Crippen LogP contribution in [0.5, 0.6) is 0 Å². The number of sulfonamides is 1. The molecule has 4 rings (SSSR count). The minimum atomic E-state index is -3.50. The van der Waals surface area contributed by atoms with Crippen LogP contribution in [0.3, 0.4) is 0 Å². The van der Waals surface area contributed by atoms with E-state index in [1.165, 1.54) is 15.3 Å². The molecule has 0 radical (unpaired) electrons. The van der Waals surface area contributed by atoms with Gasteiger partial charge in [0.05, 0.1) is 18.1 Å². The molecule has 1 aliphatic heterocycles. The fourth-order valence-corrected chi connectivity index (χ4v) is 5.84. The molecule has 25 heavy (non-hydrogen) atoms. The first-order valence-corrected chi connectivity index (χ1v) is 10.6. The minimum absolute atomic E-state index is 0.404. The maximum Gasteiger partial charge on any atom is 0.243 e. The molecule has 0 aliphatic carbocycles. The maximum absolute atomic E-state index is 13.1. The fraction of sp³-hybridized carbons (Fsp3) is 0.333. The van der Waals surface area contributed by atoms with Crippen molar-refractivity contribution in [2.45, 2.75) is 18.2 Å². The molecule has 2 aromatic heterocycles. The summed E-state index contributed by atoms with van der Waals surface area (Å²) in [5.41, 5.74) is 3.10. The van der Waals surface area contributed by atoms with Crippen molar-refractivity contribution in [1.29, 1.82) is 0 Å². The number of nitrogens with zero attached hydrogens (tertiary/aromatic N) is 1. The summed E-state index contributed by atoms with van der Waals surface area (Å²) in [5.74, 6) is 0. The number of fused-ring (bicyclic) bond motifs is 1. The Balaban J connectivity index is 1.74. The number of H-pyrrole nitrogens is 1. The molecule has 7 heteroatoms. The van der Waals surface area contributed by atoms with Gasteiger partial charge in [-0.25, -0.2) is 8.42 Å². The van der Waals surface area contributed by atoms with Gasteiger partial charge in [-0.2, -0.15) is 4.31 Å². The molecule has 0 atom stereocenters. The second kappa shape index (κ2) is 6.57. The van der Waals surface area contributed by atoms with Crippen LogP contribution in [0.1, 0.15) is 16.8 Å². The third-order valence-electron chi connectivity index (χ3n) is 4.67. The van der Waals surface area contributed by atoms with Crippen LogP contribution in [-0.2, 0) is 21.2 Å². The Morgan fingerprint density at radius 1 is 1.20 bits per heavy atom. The largest absolute Gasteiger partial charge is 0.379 e. The lowest BCUT2D eigenvalue weighted by Crippen LogP contribution is -2.40. The van der Waals surface area contributed by atoms with Crippen molar-refractivity contribution in [3.05, 3.63) is 52.5 Å². The predicted octanol–water partition coefficient (Wildman–Crippen LogP) is 3.15. The van der Waals surface area contributed by atoms with E-state index in [-0.39, 0.29) is 0 Å². The maximum atomic E-state index is 13.1. The smallest absolute Gasteiger partial charge is 0.243 e. The van der Waals surface area contributed by atoms with Gasteiger partial charge in [0.2, 0.25) is 10.0 Å². The van der Waals surface area contributed by atoms with Crippen molar-refractivity contribution in [3.8, 4) is 0 Å². The highest BCUT2D eigenvalue weighted by molar-refractivity contribution is 7.89. The Morgan fingerprint density at radius 3 is 2.76 bits per heavy atom. The van der Waals surface area contributed by atoms with Crippen LogP contribution in [0.2, 0.25) is 0 Å². The van der Waals surface area contributed by atoms with Gasteiger partial charge in [-0.3, -0.25) is 0 Å². The lowest BCUT2D eigenvalue weighted by atomic mass is 10.0. The predicted molar refractivity (Wildman–Crippen MR) is 99.7 cm³/mol. The zero-order valence-electron chi connectivity index (χ0n) is 14.0. The monoisotopic (exact) mass is 376 g/mol. The number of benzene rings is 1. The third kappa shape index (κ3) is 3.01. The van der Waals surface area contributed by atoms with E-state index in [4.69, 9.17) is 4.74 Å². The van der Waals surface area contributed by atoms with Crippen LogP contribution in [0.15, 0.2) is 40.6 Å². The first-order valence-electron chi connectivity index (χ1n) is 8.28. The molecule has 1 fully saturated rings. The topological polar surface area (TPSA) is 62.4 Å². The standard InChI is InChI=1S/C18H20N2O3S2/c1-13-16(15-6-11-24-18(15)19-13)12-14-4-2-3-5-17(14)25(21,22)20-7-9-23-10-8-20/h2-6,11,19H,7-10,12H2,1H3. The van der Waals surface area contributed by atoms with Crippen molar-refractivity contribution in [1.82, 2.24) is 9.29 Å². The van der Waals surface area contributed by atoms with Crippen LogP contribution in [0.25, 0.3) is 10.2 Å². The SMILES string of the molecule is Cc1[nH]c2sccc2c1Cc1ccccc1S(=O)(=O)N1CCOCC1. The second-order valence-corrected chi connectivity index (χ2v) is 9.02. The Bertz CT molecular complexity index is 998. The Hall–Kier alpha value is -1.67. The van der Waals surface area contributed by atoms with E-state index in [1.807, 2.05) is 19.1 Å². The highest BCUT2D eigenvalue weighted by Gasteiger charge is 2.28. The molecule has 0 spiro atoms. The normalized spacial score (nSPS) is 16.5. The van der Waals surface area contributed by atoms with Crippen molar-refractivity contribution in [2.75, 3.05) is 26.3 Å². The lowest BCUT2D eigenvalue weighted by molar-refractivity contribution is 0.0730. The molecule has 0 saturated carbocycles. The van der Waals surface area contributed by atoms with Gasteiger partial charge in [0.25, 0.3) is 0 Å². The van der Waals surface area contributed by atoms with Crippen LogP contribution in [0.4, 0.5) is 0 Å². The van der Waals surface area contributed by atoms with E-state index in [2.05, 4.69) is 16.4 Å². The number of aromatic amines is 1. The molecule has 0 amide bonds. The number of thiophene rings is 1. The molecular formula is C18H20N2O3S2. The summed E-state index contributed by atoms with van der Waals surface area (Å²) < 4.78 is 33.0. The summed E-state index contributed by atoms with van der Waals surface area (Å²) in [5, 5.41) is 3.24. The van der Waals surface area contributed by atoms with E-state index >= 15 is 0 Å². The summed E-state index contributed by atoms with van der Waals surface area (Å²) in [7, 11) is -3.50. The molecule has 3 heterocycles. The number of morpholine rings is 1. The number of hydrogen-bond donors (Lipinski definition) is 1. The number of hydrogen-bond acceptors (Lipinski definition) is 4. The fourth-order valence-electron chi connectivity index (χ4n) is 3.34. The first kappa shape index (κ1) is 16.8. The molecule has 1 N–H and O–H groups in total. The summed E-state index contributed by atoms with van der Waals surface area (Å²) >= 11 is 1.67. The van der Waals surface area contributed by atoms with Gasteiger partial charge in [0.1, 0.15) is 4.83 Å². The number of ether oxygens (including phenoxy) is 1. The highest BCUT2D eigenvalue weighted by atomic mass is 32.2. The summed E-state index contributed by atoms with van der Waals surface area (Å²) in [6, 6.07) is 9.42. The number of aryl methyl sites for hydroxylation is 1. The van der Waals surface area contributed by atoms with E-state index in [9.17, 15) is 8.42 Å². The van der Waals surface area contributed by atoms with Gasteiger partial charge in [-0.05, 0) is 35.6 Å². The third-order valence-corrected chi connectivity index (χ3v) is 7.50. The number of nitrogens with one attached hydrogen (secondary N) is 1. The first-order chi connectivity index (χ1) is 12.1. The molecule has 5 nitrogen and oxygen atoms in total. The van der Waals surface area contributed by atoms with E-state index in [0.29, 0.717) is 37.6 Å². The second-order valence-electron chi connectivity index (χ2n) is 6.19. The minimum Gasteiger partial charge on any atom is -0.379 e. The number of aromatic nitrogens is 1. The molecule has 3 aromatic rings. The van der Waals surface area contributed by atoms with Gasteiger partial charge < -0.3 is 9.72 Å². The van der Waals surface area contributed by atoms with E-state index in [0.717, 1.165) is 16.1 Å². The van der Waals surface area contributed by atoms with Gasteiger partial charge in [-0.1, -0.05) is 18.2 Å². The average Bonchev–Trinajstić information content (AvgIpc) is 3.18. The van der Waals surface area contributed by atoms with Gasteiger partial charge >= 0.3 is 0 Å². The molecule has 1 aromatic carbocycles. The van der Waals surface area contributed by atoms with Crippen molar-refractivity contribution < 1.29 is 13.2 Å². The van der Waals surface area contributed by atoms with Gasteiger partial charge in [0, 0.05) is 30.6 Å². The van der Waals surface area contributed by atoms with Crippen molar-refractivity contribution in [2.24, 2.45) is 0 Å². The van der Waals surface area contributed by atoms with Crippen LogP contribution < -0.4 is 0 Å². The number of rotatable bonds is 4. The van der Waals surface area contributed by atoms with Crippen LogP contribution >= 0.6 is 11.3 Å². The van der Waals surface area contributed by atoms with Crippen LogP contribution in [-0.4, -0.2) is 44.0 Å². The van der Waals surface area contributed by atoms with Gasteiger partial charge in [0.15, 0.2) is 0 Å². The van der Waals surface area contributed by atoms with Crippen molar-refractivity contribution in [3.63, 3.8) is 0 Å². The summed E-state index contributed by atoms with van der Waals surface area (Å²) in [6.07, 6.45) is 0.600. The molecule has 0 unspecified atom stereocenters. The zero-order valence-corrected chi connectivity index (χ0v) is 15.6. The van der Waals surface area contributed by atoms with Gasteiger partial charge in [-0.15, -0.1) is 11.3 Å². The Labute approximate surface area is 151 Å². The molecule has 132 valence electrons. The Kier molecular flexibility index (Phi) is 4.41. The zero-order chi connectivity index (χ0) is 17.4. The van der Waals surface area contributed by atoms with Crippen molar-refractivity contribution >= 4 is 31.6 Å². The van der Waals surface area contributed by atoms with E-state index < -0.39 is 10.0 Å². The lowest BCUT2D eigenvalue weighted by Gasteiger charge is -2.27. The summed E-state index contributed by atoms with van der Waals surface area (Å²) in [6.45, 7) is 3.77. The average molecular weight is 377 g/mol. The van der Waals surface area contributed by atoms with E-state index in [1.54, 1.807) is 23.5 Å². The quantitative estimate of drug-likeness (QED) is 0.761. The highest BCUT2D eigenvalue weighted by Crippen LogP contribution is 2.31. The Morgan fingerprint density at radius 2 is 1.96 bits per heavy atom.